The second-order valence-electron chi connectivity index (χ2n) is 8.87. The van der Waals surface area contributed by atoms with E-state index >= 15 is 0 Å². The largest absolute Gasteiger partial charge is 0.435 e. The molecule has 1 aliphatic heterocycles. The number of nitrogens with zero attached hydrogens (tertiary/aromatic N) is 2. The van der Waals surface area contributed by atoms with E-state index in [-0.39, 0.29) is 17.7 Å². The van der Waals surface area contributed by atoms with Gasteiger partial charge in [0.05, 0.1) is 10.0 Å². The van der Waals surface area contributed by atoms with Crippen LogP contribution in [0.15, 0.2) is 48.5 Å². The van der Waals surface area contributed by atoms with E-state index < -0.39 is 6.61 Å². The molecular formula is C27H32Cl2F2N4O3. The van der Waals surface area contributed by atoms with Gasteiger partial charge < -0.3 is 25.2 Å². The summed E-state index contributed by atoms with van der Waals surface area (Å²) in [5.41, 5.74) is 1.33. The summed E-state index contributed by atoms with van der Waals surface area (Å²) in [6.07, 6.45) is 6.93. The van der Waals surface area contributed by atoms with Crippen molar-refractivity contribution >= 4 is 46.9 Å². The molecule has 1 heterocycles. The van der Waals surface area contributed by atoms with Crippen molar-refractivity contribution in [3.8, 4) is 5.75 Å². The minimum Gasteiger partial charge on any atom is -0.435 e. The number of carbonyl (C=O) groups is 2. The zero-order valence-corrected chi connectivity index (χ0v) is 22.5. The Morgan fingerprint density at radius 1 is 0.974 bits per heavy atom. The molecule has 1 aliphatic rings. The van der Waals surface area contributed by atoms with E-state index in [0.29, 0.717) is 35.4 Å². The molecule has 3 rings (SSSR count). The first kappa shape index (κ1) is 29.7. The van der Waals surface area contributed by atoms with Gasteiger partial charge in [0, 0.05) is 37.9 Å². The van der Waals surface area contributed by atoms with Crippen LogP contribution in [0.2, 0.25) is 10.0 Å². The molecule has 0 radical (unpaired) electrons. The quantitative estimate of drug-likeness (QED) is 0.252. The molecule has 2 aromatic rings. The number of hydrogen-bond donors (Lipinski definition) is 2. The zero-order chi connectivity index (χ0) is 27.3. The predicted octanol–water partition coefficient (Wildman–Crippen LogP) is 6.13. The van der Waals surface area contributed by atoms with Crippen LogP contribution in [-0.4, -0.2) is 67.6 Å². The lowest BCUT2D eigenvalue weighted by molar-refractivity contribution is -0.116. The molecule has 0 saturated carbocycles. The summed E-state index contributed by atoms with van der Waals surface area (Å²) in [7, 11) is 0. The fourth-order valence-electron chi connectivity index (χ4n) is 4.02. The highest BCUT2D eigenvalue weighted by atomic mass is 35.5. The molecule has 1 fully saturated rings. The maximum absolute atomic E-state index is 12.6. The Bertz CT molecular complexity index is 1090. The SMILES string of the molecule is O=C(/C=C/c1ccc(Cl)c(Cl)c1)NCCCCCN1CCCN(C(=O)Nc2ccc(OC(F)F)cc2)CC1. The molecule has 0 unspecified atom stereocenters. The minimum atomic E-state index is -2.88. The second-order valence-corrected chi connectivity index (χ2v) is 9.69. The van der Waals surface area contributed by atoms with Gasteiger partial charge in [-0.25, -0.2) is 4.79 Å². The highest BCUT2D eigenvalue weighted by molar-refractivity contribution is 6.42. The van der Waals surface area contributed by atoms with Crippen molar-refractivity contribution in [3.05, 3.63) is 64.1 Å². The van der Waals surface area contributed by atoms with Gasteiger partial charge in [0.2, 0.25) is 5.91 Å². The molecule has 2 N–H and O–H groups in total. The van der Waals surface area contributed by atoms with Crippen molar-refractivity contribution in [1.29, 1.82) is 0 Å². The molecule has 3 amide bonds. The summed E-state index contributed by atoms with van der Waals surface area (Å²) in [6.45, 7) is 1.62. The summed E-state index contributed by atoms with van der Waals surface area (Å²) in [4.78, 5) is 28.8. The highest BCUT2D eigenvalue weighted by Crippen LogP contribution is 2.23. The number of amides is 3. The van der Waals surface area contributed by atoms with Crippen LogP contribution in [0.4, 0.5) is 19.3 Å². The topological polar surface area (TPSA) is 73.9 Å². The average molecular weight is 569 g/mol. The van der Waals surface area contributed by atoms with E-state index in [9.17, 15) is 18.4 Å². The Morgan fingerprint density at radius 2 is 1.76 bits per heavy atom. The molecular weight excluding hydrogens is 537 g/mol. The molecule has 0 atom stereocenters. The second kappa shape index (κ2) is 15.5. The Hall–Kier alpha value is -2.88. The molecule has 7 nitrogen and oxygen atoms in total. The van der Waals surface area contributed by atoms with Crippen molar-refractivity contribution in [2.75, 3.05) is 44.6 Å². The Morgan fingerprint density at radius 3 is 2.50 bits per heavy atom. The highest BCUT2D eigenvalue weighted by Gasteiger charge is 2.19. The lowest BCUT2D eigenvalue weighted by Gasteiger charge is -2.22. The van der Waals surface area contributed by atoms with E-state index in [1.807, 2.05) is 0 Å². The van der Waals surface area contributed by atoms with Gasteiger partial charge in [-0.1, -0.05) is 35.7 Å². The van der Waals surface area contributed by atoms with Gasteiger partial charge in [0.25, 0.3) is 0 Å². The normalized spacial score (nSPS) is 14.5. The van der Waals surface area contributed by atoms with Gasteiger partial charge in [-0.3, -0.25) is 4.79 Å². The molecule has 11 heteroatoms. The van der Waals surface area contributed by atoms with E-state index in [0.717, 1.165) is 50.9 Å². The fourth-order valence-corrected chi connectivity index (χ4v) is 4.32. The van der Waals surface area contributed by atoms with E-state index in [2.05, 4.69) is 20.3 Å². The van der Waals surface area contributed by atoms with Crippen LogP contribution in [0.3, 0.4) is 0 Å². The molecule has 0 spiro atoms. The van der Waals surface area contributed by atoms with Gasteiger partial charge >= 0.3 is 12.6 Å². The summed E-state index contributed by atoms with van der Waals surface area (Å²) in [5.74, 6) is -0.109. The van der Waals surface area contributed by atoms with Crippen LogP contribution < -0.4 is 15.4 Å². The molecule has 0 aliphatic carbocycles. The molecule has 206 valence electrons. The van der Waals surface area contributed by atoms with Gasteiger partial charge in [-0.15, -0.1) is 0 Å². The first-order valence-corrected chi connectivity index (χ1v) is 13.3. The van der Waals surface area contributed by atoms with Crippen molar-refractivity contribution in [2.45, 2.75) is 32.3 Å². The number of ether oxygens (including phenoxy) is 1. The predicted molar refractivity (Wildman–Crippen MR) is 147 cm³/mol. The fraction of sp³-hybridized carbons (Fsp3) is 0.407. The zero-order valence-electron chi connectivity index (χ0n) is 21.0. The third-order valence-corrected chi connectivity index (χ3v) is 6.77. The maximum atomic E-state index is 12.6. The van der Waals surface area contributed by atoms with Crippen LogP contribution >= 0.6 is 23.2 Å². The minimum absolute atomic E-state index is 0.0440. The van der Waals surface area contributed by atoms with E-state index in [1.165, 1.54) is 30.3 Å². The lowest BCUT2D eigenvalue weighted by atomic mass is 10.2. The number of unbranched alkanes of at least 4 members (excludes halogenated alkanes) is 2. The number of carbonyl (C=O) groups excluding carboxylic acids is 2. The summed E-state index contributed by atoms with van der Waals surface area (Å²) >= 11 is 11.9. The van der Waals surface area contributed by atoms with Crippen molar-refractivity contribution in [2.24, 2.45) is 0 Å². The number of alkyl halides is 2. The van der Waals surface area contributed by atoms with Crippen LogP contribution in [0.25, 0.3) is 6.08 Å². The van der Waals surface area contributed by atoms with Crippen LogP contribution in [0.5, 0.6) is 5.75 Å². The molecule has 1 saturated heterocycles. The molecule has 0 bridgehead atoms. The standard InChI is InChI=1S/C27H32Cl2F2N4O3/c28-23-11-5-20(19-24(23)29)6-12-25(36)32-13-2-1-3-14-34-15-4-16-35(18-17-34)27(37)33-21-7-9-22(10-8-21)38-26(30)31/h5-12,19,26H,1-4,13-18H2,(H,32,36)(H,33,37)/b12-6+. The van der Waals surface area contributed by atoms with E-state index in [1.54, 1.807) is 29.2 Å². The van der Waals surface area contributed by atoms with Crippen LogP contribution in [0.1, 0.15) is 31.2 Å². The van der Waals surface area contributed by atoms with Crippen molar-refractivity contribution in [3.63, 3.8) is 0 Å². The van der Waals surface area contributed by atoms with Crippen molar-refractivity contribution < 1.29 is 23.1 Å². The third-order valence-electron chi connectivity index (χ3n) is 6.03. The number of nitrogens with one attached hydrogen (secondary N) is 2. The van der Waals surface area contributed by atoms with Gasteiger partial charge in [0.1, 0.15) is 5.75 Å². The maximum Gasteiger partial charge on any atom is 0.387 e. The summed E-state index contributed by atoms with van der Waals surface area (Å²) in [6, 6.07) is 10.8. The number of hydrogen-bond acceptors (Lipinski definition) is 4. The number of rotatable bonds is 11. The Labute approximate surface area is 231 Å². The Balaban J connectivity index is 1.28. The number of halogens is 4. The number of urea groups is 1. The summed E-state index contributed by atoms with van der Waals surface area (Å²) in [5, 5.41) is 6.62. The molecule has 0 aromatic heterocycles. The van der Waals surface area contributed by atoms with Crippen molar-refractivity contribution in [1.82, 2.24) is 15.1 Å². The Kier molecular flexibility index (Phi) is 12.1. The lowest BCUT2D eigenvalue weighted by Crippen LogP contribution is -2.38. The number of anilines is 1. The average Bonchev–Trinajstić information content (AvgIpc) is 3.13. The molecule has 2 aromatic carbocycles. The van der Waals surface area contributed by atoms with Crippen LogP contribution in [0, 0.1) is 0 Å². The van der Waals surface area contributed by atoms with Gasteiger partial charge in [-0.2, -0.15) is 8.78 Å². The first-order chi connectivity index (χ1) is 18.3. The van der Waals surface area contributed by atoms with Crippen LogP contribution in [-0.2, 0) is 4.79 Å². The smallest absolute Gasteiger partial charge is 0.387 e. The third kappa shape index (κ3) is 10.5. The first-order valence-electron chi connectivity index (χ1n) is 12.5. The van der Waals surface area contributed by atoms with Gasteiger partial charge in [-0.05, 0) is 80.4 Å². The van der Waals surface area contributed by atoms with Gasteiger partial charge in [0.15, 0.2) is 0 Å². The number of benzene rings is 2. The summed E-state index contributed by atoms with van der Waals surface area (Å²) < 4.78 is 28.9. The molecule has 38 heavy (non-hydrogen) atoms. The van der Waals surface area contributed by atoms with E-state index in [4.69, 9.17) is 23.2 Å². The monoisotopic (exact) mass is 568 g/mol.